The lowest BCUT2D eigenvalue weighted by Gasteiger charge is -2.13. The number of carbonyl (C=O) groups is 1. The van der Waals surface area contributed by atoms with Crippen LogP contribution in [0.2, 0.25) is 0 Å². The van der Waals surface area contributed by atoms with Crippen LogP contribution in [0, 0.1) is 0 Å². The van der Waals surface area contributed by atoms with Crippen LogP contribution in [0.4, 0.5) is 5.82 Å². The van der Waals surface area contributed by atoms with E-state index in [1.165, 1.54) is 6.07 Å². The molecule has 1 aromatic rings. The van der Waals surface area contributed by atoms with E-state index in [0.29, 0.717) is 12.2 Å². The van der Waals surface area contributed by atoms with Gasteiger partial charge in [0.15, 0.2) is 5.69 Å². The van der Waals surface area contributed by atoms with E-state index in [9.17, 15) is 4.79 Å². The van der Waals surface area contributed by atoms with Gasteiger partial charge >= 0.3 is 5.97 Å². The summed E-state index contributed by atoms with van der Waals surface area (Å²) in [6.45, 7) is 2.12. The first-order valence-corrected chi connectivity index (χ1v) is 5.21. The van der Waals surface area contributed by atoms with Gasteiger partial charge in [-0.1, -0.05) is 6.07 Å². The first kappa shape index (κ1) is 12.4. The van der Waals surface area contributed by atoms with E-state index in [1.807, 2.05) is 6.92 Å². The van der Waals surface area contributed by atoms with Gasteiger partial charge in [-0.25, -0.2) is 9.78 Å². The first-order valence-electron chi connectivity index (χ1n) is 5.21. The van der Waals surface area contributed by atoms with Crippen LogP contribution in [0.5, 0.6) is 0 Å². The Bertz CT molecular complexity index is 355. The molecule has 0 bridgehead atoms. The number of aromatic nitrogens is 1. The average Bonchev–Trinajstić information content (AvgIpc) is 2.26. The second kappa shape index (κ2) is 6.07. The molecule has 5 heteroatoms. The third-order valence-electron chi connectivity index (χ3n) is 2.16. The van der Waals surface area contributed by atoms with Crippen LogP contribution in [0.3, 0.4) is 0 Å². The van der Waals surface area contributed by atoms with E-state index in [4.69, 9.17) is 10.2 Å². The third-order valence-corrected chi connectivity index (χ3v) is 2.16. The number of rotatable bonds is 6. The Labute approximate surface area is 94.1 Å². The lowest BCUT2D eigenvalue weighted by atomic mass is 10.2. The fourth-order valence-electron chi connectivity index (χ4n) is 1.36. The summed E-state index contributed by atoms with van der Waals surface area (Å²) in [4.78, 5) is 14.6. The lowest BCUT2D eigenvalue weighted by molar-refractivity contribution is 0.0690. The molecular weight excluding hydrogens is 208 g/mol. The summed E-state index contributed by atoms with van der Waals surface area (Å²) in [5.74, 6) is -0.489. The maximum absolute atomic E-state index is 10.7. The molecule has 1 aromatic heterocycles. The molecule has 1 atom stereocenters. The number of anilines is 1. The van der Waals surface area contributed by atoms with Gasteiger partial charge < -0.3 is 15.5 Å². The maximum Gasteiger partial charge on any atom is 0.354 e. The monoisotopic (exact) mass is 224 g/mol. The molecule has 88 valence electrons. The minimum Gasteiger partial charge on any atom is -0.477 e. The van der Waals surface area contributed by atoms with Gasteiger partial charge in [0.1, 0.15) is 5.82 Å². The van der Waals surface area contributed by atoms with Crippen molar-refractivity contribution in [1.82, 2.24) is 4.98 Å². The molecule has 0 saturated carbocycles. The van der Waals surface area contributed by atoms with Crippen molar-refractivity contribution in [3.05, 3.63) is 23.9 Å². The number of carboxylic acids is 1. The van der Waals surface area contributed by atoms with Crippen LogP contribution in [-0.2, 0) is 0 Å². The van der Waals surface area contributed by atoms with E-state index in [1.54, 1.807) is 12.1 Å². The summed E-state index contributed by atoms with van der Waals surface area (Å²) in [6.07, 6.45) is 1.53. The van der Waals surface area contributed by atoms with Gasteiger partial charge in [-0.15, -0.1) is 0 Å². The Morgan fingerprint density at radius 2 is 2.31 bits per heavy atom. The number of nitrogens with zero attached hydrogens (tertiary/aromatic N) is 1. The molecule has 16 heavy (non-hydrogen) atoms. The molecule has 0 aliphatic rings. The number of hydrogen-bond acceptors (Lipinski definition) is 4. The van der Waals surface area contributed by atoms with E-state index < -0.39 is 5.97 Å². The van der Waals surface area contributed by atoms with Crippen LogP contribution < -0.4 is 5.32 Å². The summed E-state index contributed by atoms with van der Waals surface area (Å²) >= 11 is 0. The smallest absolute Gasteiger partial charge is 0.354 e. The molecule has 5 nitrogen and oxygen atoms in total. The van der Waals surface area contributed by atoms with Crippen molar-refractivity contribution in [3.63, 3.8) is 0 Å². The maximum atomic E-state index is 10.7. The Morgan fingerprint density at radius 3 is 2.94 bits per heavy atom. The van der Waals surface area contributed by atoms with Crippen molar-refractivity contribution in [1.29, 1.82) is 0 Å². The van der Waals surface area contributed by atoms with Gasteiger partial charge in [-0.2, -0.15) is 0 Å². The number of aromatic carboxylic acids is 1. The Morgan fingerprint density at radius 1 is 1.56 bits per heavy atom. The molecule has 1 rings (SSSR count). The minimum atomic E-state index is -1.04. The lowest BCUT2D eigenvalue weighted by Crippen LogP contribution is -2.17. The molecule has 0 saturated heterocycles. The summed E-state index contributed by atoms with van der Waals surface area (Å²) in [7, 11) is 0. The van der Waals surface area contributed by atoms with Gasteiger partial charge in [-0.05, 0) is 31.9 Å². The number of nitrogens with one attached hydrogen (secondary N) is 1. The van der Waals surface area contributed by atoms with E-state index >= 15 is 0 Å². The van der Waals surface area contributed by atoms with Crippen molar-refractivity contribution in [2.24, 2.45) is 0 Å². The number of aliphatic hydroxyl groups excluding tert-OH is 1. The molecule has 0 radical (unpaired) electrons. The van der Waals surface area contributed by atoms with Crippen LogP contribution in [0.1, 0.15) is 30.3 Å². The van der Waals surface area contributed by atoms with Gasteiger partial charge in [0, 0.05) is 12.6 Å². The predicted octanol–water partition coefficient (Wildman–Crippen LogP) is 1.35. The molecule has 1 heterocycles. The number of pyridine rings is 1. The second-order valence-electron chi connectivity index (χ2n) is 3.62. The molecule has 0 spiro atoms. The van der Waals surface area contributed by atoms with Crippen molar-refractivity contribution in [3.8, 4) is 0 Å². The van der Waals surface area contributed by atoms with E-state index in [-0.39, 0.29) is 18.3 Å². The zero-order valence-electron chi connectivity index (χ0n) is 9.18. The largest absolute Gasteiger partial charge is 0.477 e. The van der Waals surface area contributed by atoms with Gasteiger partial charge in [0.25, 0.3) is 0 Å². The van der Waals surface area contributed by atoms with Crippen LogP contribution in [-0.4, -0.2) is 33.8 Å². The fraction of sp³-hybridized carbons (Fsp3) is 0.455. The zero-order valence-corrected chi connectivity index (χ0v) is 9.18. The minimum absolute atomic E-state index is 0.0272. The Balaban J connectivity index is 2.59. The standard InChI is InChI=1S/C11H16N2O3/c1-8(4-3-7-14)12-10-6-2-5-9(13-10)11(15)16/h2,5-6,8,14H,3-4,7H2,1H3,(H,12,13)(H,15,16). The number of hydrogen-bond donors (Lipinski definition) is 3. The van der Waals surface area contributed by atoms with Crippen LogP contribution in [0.15, 0.2) is 18.2 Å². The number of aliphatic hydroxyl groups is 1. The summed E-state index contributed by atoms with van der Waals surface area (Å²) < 4.78 is 0. The Kier molecular flexibility index (Phi) is 4.72. The molecule has 3 N–H and O–H groups in total. The van der Waals surface area contributed by atoms with Crippen LogP contribution >= 0.6 is 0 Å². The number of carboxylic acid groups (broad SMARTS) is 1. The van der Waals surface area contributed by atoms with Crippen LogP contribution in [0.25, 0.3) is 0 Å². The van der Waals surface area contributed by atoms with Crippen molar-refractivity contribution >= 4 is 11.8 Å². The molecule has 0 amide bonds. The normalized spacial score (nSPS) is 12.1. The summed E-state index contributed by atoms with van der Waals surface area (Å²) in [5, 5.41) is 20.5. The molecule has 0 aliphatic carbocycles. The third kappa shape index (κ3) is 3.86. The first-order chi connectivity index (χ1) is 7.63. The van der Waals surface area contributed by atoms with Crippen molar-refractivity contribution in [2.75, 3.05) is 11.9 Å². The van der Waals surface area contributed by atoms with Gasteiger partial charge in [0.05, 0.1) is 0 Å². The van der Waals surface area contributed by atoms with Gasteiger partial charge in [0.2, 0.25) is 0 Å². The highest BCUT2D eigenvalue weighted by atomic mass is 16.4. The second-order valence-corrected chi connectivity index (χ2v) is 3.62. The van der Waals surface area contributed by atoms with E-state index in [0.717, 1.165) is 6.42 Å². The zero-order chi connectivity index (χ0) is 12.0. The molecule has 1 unspecified atom stereocenters. The topological polar surface area (TPSA) is 82.5 Å². The van der Waals surface area contributed by atoms with E-state index in [2.05, 4.69) is 10.3 Å². The molecule has 0 aliphatic heterocycles. The predicted molar refractivity (Wildman–Crippen MR) is 60.6 cm³/mol. The Hall–Kier alpha value is -1.62. The molecule has 0 fully saturated rings. The fourth-order valence-corrected chi connectivity index (χ4v) is 1.36. The summed E-state index contributed by atoms with van der Waals surface area (Å²) in [6, 6.07) is 4.98. The molecular formula is C11H16N2O3. The van der Waals surface area contributed by atoms with Crippen molar-refractivity contribution in [2.45, 2.75) is 25.8 Å². The highest BCUT2D eigenvalue weighted by Gasteiger charge is 2.06. The van der Waals surface area contributed by atoms with Gasteiger partial charge in [-0.3, -0.25) is 0 Å². The average molecular weight is 224 g/mol. The van der Waals surface area contributed by atoms with Crippen molar-refractivity contribution < 1.29 is 15.0 Å². The summed E-state index contributed by atoms with van der Waals surface area (Å²) in [5.41, 5.74) is 0.0272. The highest BCUT2D eigenvalue weighted by Crippen LogP contribution is 2.08. The SMILES string of the molecule is CC(CCCO)Nc1cccc(C(=O)O)n1. The highest BCUT2D eigenvalue weighted by molar-refractivity contribution is 5.85. The quantitative estimate of drug-likeness (QED) is 0.679. The molecule has 0 aromatic carbocycles.